The van der Waals surface area contributed by atoms with Gasteiger partial charge in [-0.2, -0.15) is 0 Å². The molecule has 0 radical (unpaired) electrons. The van der Waals surface area contributed by atoms with Crippen LogP contribution in [0.15, 0.2) is 0 Å². The van der Waals surface area contributed by atoms with Crippen molar-refractivity contribution in [3.05, 3.63) is 10.8 Å². The summed E-state index contributed by atoms with van der Waals surface area (Å²) in [7, 11) is -3.58. The SMILES string of the molecule is CC(C)(C)C[Si](C)([NH-])C(C)(C)C.CC(C)(C)C[Si](C)([NH-])C(C)(C)C.[Ni+2]. The van der Waals surface area contributed by atoms with Crippen molar-refractivity contribution >= 4 is 16.5 Å². The van der Waals surface area contributed by atoms with E-state index >= 15 is 0 Å². The second-order valence-corrected chi connectivity index (χ2v) is 21.7. The molecule has 0 heterocycles. The molecule has 0 saturated heterocycles. The molecule has 0 spiro atoms. The van der Waals surface area contributed by atoms with Gasteiger partial charge in [-0.15, -0.1) is 0 Å². The maximum absolute atomic E-state index is 8.37. The molecule has 2 nitrogen and oxygen atoms in total. The number of rotatable bonds is 2. The Morgan fingerprint density at radius 3 is 0.720 bits per heavy atom. The molecular weight excluding hydrogens is 383 g/mol. The molecule has 156 valence electrons. The Morgan fingerprint density at radius 2 is 0.680 bits per heavy atom. The fraction of sp³-hybridized carbons (Fsp3) is 1.00. The zero-order chi connectivity index (χ0) is 20.4. The maximum Gasteiger partial charge on any atom is 2.00 e. The van der Waals surface area contributed by atoms with E-state index < -0.39 is 16.5 Å². The Morgan fingerprint density at radius 1 is 0.520 bits per heavy atom. The van der Waals surface area contributed by atoms with Gasteiger partial charge in [0.1, 0.15) is 0 Å². The van der Waals surface area contributed by atoms with Gasteiger partial charge in [-0.05, 0) is 10.8 Å². The Balaban J connectivity index is -0.000000372. The van der Waals surface area contributed by atoms with E-state index in [1.165, 1.54) is 0 Å². The van der Waals surface area contributed by atoms with E-state index in [2.05, 4.69) is 96.2 Å². The monoisotopic (exact) mass is 430 g/mol. The molecular formula is C20H48N2NiSi2. The zero-order valence-corrected chi connectivity index (χ0v) is 22.7. The van der Waals surface area contributed by atoms with Crippen molar-refractivity contribution in [2.75, 3.05) is 0 Å². The van der Waals surface area contributed by atoms with Crippen molar-refractivity contribution in [2.45, 2.75) is 118 Å². The van der Waals surface area contributed by atoms with Crippen molar-refractivity contribution in [2.24, 2.45) is 10.8 Å². The molecule has 2 N–H and O–H groups in total. The van der Waals surface area contributed by atoms with E-state index in [0.29, 0.717) is 10.8 Å². The molecule has 0 rings (SSSR count). The molecule has 0 bridgehead atoms. The van der Waals surface area contributed by atoms with Crippen molar-refractivity contribution in [1.29, 1.82) is 0 Å². The average Bonchev–Trinajstić information content (AvgIpc) is 2.05. The van der Waals surface area contributed by atoms with Gasteiger partial charge < -0.3 is 10.8 Å². The summed E-state index contributed by atoms with van der Waals surface area (Å²) >= 11 is 0. The van der Waals surface area contributed by atoms with Gasteiger partial charge in [0.05, 0.1) is 0 Å². The molecule has 0 aromatic heterocycles. The zero-order valence-electron chi connectivity index (χ0n) is 19.7. The van der Waals surface area contributed by atoms with Crippen LogP contribution in [0.25, 0.3) is 10.8 Å². The first-order chi connectivity index (χ1) is 9.91. The quantitative estimate of drug-likeness (QED) is 0.392. The second-order valence-electron chi connectivity index (χ2n) is 12.6. The van der Waals surface area contributed by atoms with Gasteiger partial charge in [-0.1, -0.05) is 135 Å². The predicted octanol–water partition coefficient (Wildman–Crippen LogP) is 8.92. The van der Waals surface area contributed by atoms with Gasteiger partial charge in [0.2, 0.25) is 0 Å². The fourth-order valence-electron chi connectivity index (χ4n) is 2.65. The summed E-state index contributed by atoms with van der Waals surface area (Å²) in [6.45, 7) is 31.0. The van der Waals surface area contributed by atoms with E-state index in [9.17, 15) is 0 Å². The molecule has 0 fully saturated rings. The first kappa shape index (κ1) is 30.6. The molecule has 5 heteroatoms. The van der Waals surface area contributed by atoms with Crippen LogP contribution in [0, 0.1) is 10.8 Å². The van der Waals surface area contributed by atoms with Crippen molar-refractivity contribution in [1.82, 2.24) is 0 Å². The largest absolute Gasteiger partial charge is 2.00 e. The van der Waals surface area contributed by atoms with E-state index in [0.717, 1.165) is 12.1 Å². The van der Waals surface area contributed by atoms with Crippen LogP contribution in [0.2, 0.25) is 35.3 Å². The standard InChI is InChI=1S/2C10H24NSi.Ni/c2*1-9(2,3)8-12(7,11)10(4,5)6;/h2*11H,8H2,1-7H3;/q2*-1;+2. The predicted molar refractivity (Wildman–Crippen MR) is 120 cm³/mol. The first-order valence-corrected chi connectivity index (χ1v) is 14.8. The molecule has 2 atom stereocenters. The van der Waals surface area contributed by atoms with Crippen molar-refractivity contribution < 1.29 is 16.5 Å². The Hall–Kier alpha value is 0.847. The maximum atomic E-state index is 8.37. The van der Waals surface area contributed by atoms with Gasteiger partial charge in [-0.3, -0.25) is 0 Å². The van der Waals surface area contributed by atoms with Crippen LogP contribution < -0.4 is 0 Å². The van der Waals surface area contributed by atoms with E-state index in [4.69, 9.17) is 10.8 Å². The van der Waals surface area contributed by atoms with Crippen molar-refractivity contribution in [3.8, 4) is 0 Å². The smallest absolute Gasteiger partial charge is 0.679 e. The fourth-order valence-corrected chi connectivity index (χ4v) is 7.95. The molecule has 0 aromatic rings. The normalized spacial score (nSPS) is 18.2. The van der Waals surface area contributed by atoms with Crippen LogP contribution in [-0.2, 0) is 16.5 Å². The third-order valence-electron chi connectivity index (χ3n) is 5.08. The van der Waals surface area contributed by atoms with E-state index in [1.807, 2.05) is 0 Å². The van der Waals surface area contributed by atoms with Crippen LogP contribution in [0.3, 0.4) is 0 Å². The summed E-state index contributed by atoms with van der Waals surface area (Å²) in [5.41, 5.74) is 0.631. The van der Waals surface area contributed by atoms with Crippen LogP contribution in [0.4, 0.5) is 0 Å². The molecule has 0 aliphatic carbocycles. The molecule has 0 aliphatic heterocycles. The third-order valence-corrected chi connectivity index (χ3v) is 15.2. The van der Waals surface area contributed by atoms with Crippen LogP contribution >= 0.6 is 0 Å². The van der Waals surface area contributed by atoms with Crippen LogP contribution in [0.1, 0.15) is 83.1 Å². The van der Waals surface area contributed by atoms with Crippen LogP contribution in [0.5, 0.6) is 0 Å². The number of hydrogen-bond donors (Lipinski definition) is 0. The average molecular weight is 431 g/mol. The third kappa shape index (κ3) is 13.6. The molecule has 0 amide bonds. The van der Waals surface area contributed by atoms with Gasteiger partial charge in [0.25, 0.3) is 0 Å². The second kappa shape index (κ2) is 9.36. The van der Waals surface area contributed by atoms with Gasteiger partial charge in [0, 0.05) is 0 Å². The minimum Gasteiger partial charge on any atom is -0.679 e. The summed E-state index contributed by atoms with van der Waals surface area (Å²) in [5, 5.41) is 17.2. The van der Waals surface area contributed by atoms with Gasteiger partial charge >= 0.3 is 16.5 Å². The molecule has 0 aromatic carbocycles. The number of hydrogen-bond acceptors (Lipinski definition) is 0. The summed E-state index contributed by atoms with van der Waals surface area (Å²) in [6, 6.07) is 2.17. The first-order valence-electron chi connectivity index (χ1n) is 9.41. The summed E-state index contributed by atoms with van der Waals surface area (Å²) in [4.78, 5) is 0. The topological polar surface area (TPSA) is 47.6 Å². The van der Waals surface area contributed by atoms with E-state index in [-0.39, 0.29) is 26.6 Å². The Bertz CT molecular complexity index is 340. The minimum absolute atomic E-state index is 0. The molecule has 0 aliphatic rings. The Kier molecular flexibility index (Phi) is 11.4. The Labute approximate surface area is 172 Å². The number of nitrogens with one attached hydrogen (secondary N) is 2. The van der Waals surface area contributed by atoms with Gasteiger partial charge in [0.15, 0.2) is 0 Å². The summed E-state index contributed by atoms with van der Waals surface area (Å²) in [5.74, 6) is 0. The van der Waals surface area contributed by atoms with Gasteiger partial charge in [-0.25, -0.2) is 0 Å². The van der Waals surface area contributed by atoms with Crippen molar-refractivity contribution in [3.63, 3.8) is 0 Å². The molecule has 2 unspecified atom stereocenters. The molecule has 25 heavy (non-hydrogen) atoms. The van der Waals surface area contributed by atoms with E-state index in [1.54, 1.807) is 0 Å². The minimum atomic E-state index is -1.79. The van der Waals surface area contributed by atoms with Crippen LogP contribution in [-0.4, -0.2) is 16.5 Å². The molecule has 0 saturated carbocycles. The summed E-state index contributed by atoms with van der Waals surface area (Å²) in [6.07, 6.45) is 0. The summed E-state index contributed by atoms with van der Waals surface area (Å²) < 4.78 is 0.